The zero-order valence-corrected chi connectivity index (χ0v) is 11.2. The van der Waals surface area contributed by atoms with Crippen molar-refractivity contribution in [2.45, 2.75) is 5.92 Å². The summed E-state index contributed by atoms with van der Waals surface area (Å²) in [6.07, 6.45) is 0.985. The molecular weight excluding hydrogens is 282 g/mol. The SMILES string of the molecule is O=CC(CBr)c1ccc(N2CCOCC2)cc1. The van der Waals surface area contributed by atoms with E-state index in [0.717, 1.165) is 38.2 Å². The van der Waals surface area contributed by atoms with Crippen LogP contribution < -0.4 is 4.90 Å². The van der Waals surface area contributed by atoms with E-state index < -0.39 is 0 Å². The normalized spacial score (nSPS) is 17.8. The lowest BCUT2D eigenvalue weighted by molar-refractivity contribution is -0.108. The zero-order valence-electron chi connectivity index (χ0n) is 9.64. The van der Waals surface area contributed by atoms with Crippen LogP contribution in [-0.4, -0.2) is 37.9 Å². The predicted molar refractivity (Wildman–Crippen MR) is 72.1 cm³/mol. The molecule has 0 aliphatic carbocycles. The first-order chi connectivity index (χ1) is 8.35. The van der Waals surface area contributed by atoms with Gasteiger partial charge in [-0.15, -0.1) is 0 Å². The molecule has 1 aromatic rings. The summed E-state index contributed by atoms with van der Waals surface area (Å²) in [5.74, 6) is -0.0475. The van der Waals surface area contributed by atoms with Gasteiger partial charge < -0.3 is 14.4 Å². The molecule has 0 amide bonds. The summed E-state index contributed by atoms with van der Waals surface area (Å²) in [6.45, 7) is 3.46. The number of carbonyl (C=O) groups excluding carboxylic acids is 1. The molecule has 1 fully saturated rings. The van der Waals surface area contributed by atoms with Gasteiger partial charge in [-0.2, -0.15) is 0 Å². The highest BCUT2D eigenvalue weighted by Gasteiger charge is 2.12. The van der Waals surface area contributed by atoms with Gasteiger partial charge in [0.2, 0.25) is 0 Å². The van der Waals surface area contributed by atoms with Crippen molar-refractivity contribution >= 4 is 27.9 Å². The van der Waals surface area contributed by atoms with E-state index in [9.17, 15) is 4.79 Å². The van der Waals surface area contributed by atoms with Gasteiger partial charge in [-0.25, -0.2) is 0 Å². The Morgan fingerprint density at radius 1 is 1.29 bits per heavy atom. The first-order valence-corrected chi connectivity index (χ1v) is 6.91. The van der Waals surface area contributed by atoms with Crippen molar-refractivity contribution < 1.29 is 9.53 Å². The molecule has 1 aliphatic heterocycles. The van der Waals surface area contributed by atoms with Crippen molar-refractivity contribution in [3.05, 3.63) is 29.8 Å². The number of hydrogen-bond donors (Lipinski definition) is 0. The van der Waals surface area contributed by atoms with E-state index in [4.69, 9.17) is 4.74 Å². The first-order valence-electron chi connectivity index (χ1n) is 5.79. The number of halogens is 1. The van der Waals surface area contributed by atoms with Crippen LogP contribution in [0.5, 0.6) is 0 Å². The van der Waals surface area contributed by atoms with Gasteiger partial charge in [0, 0.05) is 30.0 Å². The van der Waals surface area contributed by atoms with Crippen LogP contribution in [0.3, 0.4) is 0 Å². The van der Waals surface area contributed by atoms with Gasteiger partial charge in [0.05, 0.1) is 13.2 Å². The molecular formula is C13H16BrNO2. The zero-order chi connectivity index (χ0) is 12.1. The average Bonchev–Trinajstić information content (AvgIpc) is 2.42. The van der Waals surface area contributed by atoms with E-state index in [1.54, 1.807) is 0 Å². The van der Waals surface area contributed by atoms with Gasteiger partial charge in [-0.05, 0) is 17.7 Å². The Balaban J connectivity index is 2.08. The summed E-state index contributed by atoms with van der Waals surface area (Å²) in [7, 11) is 0. The second kappa shape index (κ2) is 6.17. The van der Waals surface area contributed by atoms with E-state index in [0.29, 0.717) is 5.33 Å². The summed E-state index contributed by atoms with van der Waals surface area (Å²) in [6, 6.07) is 8.23. The lowest BCUT2D eigenvalue weighted by atomic mass is 10.0. The lowest BCUT2D eigenvalue weighted by Crippen LogP contribution is -2.36. The molecule has 2 rings (SSSR count). The molecule has 92 valence electrons. The minimum atomic E-state index is -0.0475. The molecule has 17 heavy (non-hydrogen) atoms. The van der Waals surface area contributed by atoms with Gasteiger partial charge in [0.15, 0.2) is 0 Å². The van der Waals surface area contributed by atoms with E-state index in [1.165, 1.54) is 5.69 Å². The largest absolute Gasteiger partial charge is 0.378 e. The van der Waals surface area contributed by atoms with Crippen LogP contribution in [0.1, 0.15) is 11.5 Å². The number of aldehydes is 1. The molecule has 4 heteroatoms. The predicted octanol–water partition coefficient (Wildman–Crippen LogP) is 2.20. The summed E-state index contributed by atoms with van der Waals surface area (Å²) in [4.78, 5) is 13.2. The van der Waals surface area contributed by atoms with Gasteiger partial charge in [0.25, 0.3) is 0 Å². The number of morpholine rings is 1. The van der Waals surface area contributed by atoms with Crippen molar-refractivity contribution in [2.24, 2.45) is 0 Å². The highest BCUT2D eigenvalue weighted by molar-refractivity contribution is 9.09. The monoisotopic (exact) mass is 297 g/mol. The van der Waals surface area contributed by atoms with E-state index in [2.05, 4.69) is 33.0 Å². The molecule has 0 saturated carbocycles. The second-order valence-corrected chi connectivity index (χ2v) is 4.74. The topological polar surface area (TPSA) is 29.5 Å². The fourth-order valence-corrected chi connectivity index (χ4v) is 2.48. The van der Waals surface area contributed by atoms with Crippen LogP contribution in [0.15, 0.2) is 24.3 Å². The lowest BCUT2D eigenvalue weighted by Gasteiger charge is -2.29. The minimum absolute atomic E-state index is 0.0475. The van der Waals surface area contributed by atoms with Gasteiger partial charge in [-0.3, -0.25) is 0 Å². The molecule has 1 saturated heterocycles. The number of ether oxygens (including phenoxy) is 1. The quantitative estimate of drug-likeness (QED) is 0.630. The van der Waals surface area contributed by atoms with Crippen molar-refractivity contribution in [3.63, 3.8) is 0 Å². The van der Waals surface area contributed by atoms with E-state index in [1.807, 2.05) is 12.1 Å². The average molecular weight is 298 g/mol. The van der Waals surface area contributed by atoms with Crippen molar-refractivity contribution in [1.29, 1.82) is 0 Å². The Labute approximate surface area is 110 Å². The molecule has 0 spiro atoms. The van der Waals surface area contributed by atoms with Crippen molar-refractivity contribution in [3.8, 4) is 0 Å². The van der Waals surface area contributed by atoms with Crippen LogP contribution in [0.25, 0.3) is 0 Å². The summed E-state index contributed by atoms with van der Waals surface area (Å²) >= 11 is 3.35. The van der Waals surface area contributed by atoms with E-state index >= 15 is 0 Å². The number of nitrogens with zero attached hydrogens (tertiary/aromatic N) is 1. The Morgan fingerprint density at radius 2 is 1.94 bits per heavy atom. The molecule has 0 N–H and O–H groups in total. The summed E-state index contributed by atoms with van der Waals surface area (Å²) in [5, 5.41) is 0.674. The first kappa shape index (κ1) is 12.6. The van der Waals surface area contributed by atoms with Crippen LogP contribution in [-0.2, 0) is 9.53 Å². The van der Waals surface area contributed by atoms with Crippen LogP contribution in [0, 0.1) is 0 Å². The fourth-order valence-electron chi connectivity index (χ4n) is 1.96. The molecule has 0 aromatic heterocycles. The molecule has 1 heterocycles. The number of rotatable bonds is 4. The molecule has 1 atom stereocenters. The third-order valence-electron chi connectivity index (χ3n) is 3.03. The number of alkyl halides is 1. The maximum absolute atomic E-state index is 10.9. The third-order valence-corrected chi connectivity index (χ3v) is 3.73. The second-order valence-electron chi connectivity index (χ2n) is 4.09. The number of anilines is 1. The highest BCUT2D eigenvalue weighted by Crippen LogP contribution is 2.21. The smallest absolute Gasteiger partial charge is 0.128 e. The fraction of sp³-hybridized carbons (Fsp3) is 0.462. The summed E-state index contributed by atoms with van der Waals surface area (Å²) < 4.78 is 5.32. The summed E-state index contributed by atoms with van der Waals surface area (Å²) in [5.41, 5.74) is 2.27. The maximum atomic E-state index is 10.9. The maximum Gasteiger partial charge on any atom is 0.128 e. The highest BCUT2D eigenvalue weighted by atomic mass is 79.9. The number of carbonyl (C=O) groups is 1. The molecule has 1 aromatic carbocycles. The standard InChI is InChI=1S/C13H16BrNO2/c14-9-12(10-16)11-1-3-13(4-2-11)15-5-7-17-8-6-15/h1-4,10,12H,5-9H2. The van der Waals surface area contributed by atoms with Gasteiger partial charge in [-0.1, -0.05) is 28.1 Å². The van der Waals surface area contributed by atoms with Gasteiger partial charge >= 0.3 is 0 Å². The third kappa shape index (κ3) is 3.07. The molecule has 0 radical (unpaired) electrons. The van der Waals surface area contributed by atoms with Crippen molar-refractivity contribution in [2.75, 3.05) is 36.5 Å². The minimum Gasteiger partial charge on any atom is -0.378 e. The molecule has 3 nitrogen and oxygen atoms in total. The molecule has 1 aliphatic rings. The van der Waals surface area contributed by atoms with Crippen LogP contribution >= 0.6 is 15.9 Å². The van der Waals surface area contributed by atoms with Gasteiger partial charge in [0.1, 0.15) is 6.29 Å². The van der Waals surface area contributed by atoms with Crippen LogP contribution in [0.4, 0.5) is 5.69 Å². The Bertz CT molecular complexity index is 360. The van der Waals surface area contributed by atoms with E-state index in [-0.39, 0.29) is 5.92 Å². The molecule has 1 unspecified atom stereocenters. The Hall–Kier alpha value is -0.870. The Kier molecular flexibility index (Phi) is 4.57. The molecule has 0 bridgehead atoms. The Morgan fingerprint density at radius 3 is 2.47 bits per heavy atom. The number of hydrogen-bond acceptors (Lipinski definition) is 3. The van der Waals surface area contributed by atoms with Crippen molar-refractivity contribution in [1.82, 2.24) is 0 Å². The number of benzene rings is 1. The van der Waals surface area contributed by atoms with Crippen LogP contribution in [0.2, 0.25) is 0 Å².